The number of piperazine rings is 1. The Morgan fingerprint density at radius 2 is 2.03 bits per heavy atom. The SMILES string of the molecule is CNc1nc2c(s1)C[C@]1(C)CCC([C@H](C)C(=O)N3CCN(C)CC3)[C@H](O)[C@H]1[C@@H]2C. The van der Waals surface area contributed by atoms with Crippen LogP contribution in [0.1, 0.15) is 50.1 Å². The van der Waals surface area contributed by atoms with E-state index in [-0.39, 0.29) is 35.0 Å². The zero-order valence-corrected chi connectivity index (χ0v) is 19.3. The highest BCUT2D eigenvalue weighted by Gasteiger charge is 2.54. The van der Waals surface area contributed by atoms with Gasteiger partial charge in [0.15, 0.2) is 5.13 Å². The first-order valence-corrected chi connectivity index (χ1v) is 11.9. The first kappa shape index (κ1) is 21.1. The number of anilines is 1. The van der Waals surface area contributed by atoms with Gasteiger partial charge in [-0.1, -0.05) is 20.8 Å². The summed E-state index contributed by atoms with van der Waals surface area (Å²) >= 11 is 1.76. The standard InChI is InChI=1S/C22H36N4O2S/c1-13(20(28)26-10-8-25(5)9-11-26)15-6-7-22(3)12-16-18(24-21(23-4)29-16)14(2)17(22)19(15)27/h13-15,17,19,27H,6-12H2,1-5H3,(H,23,24)/t13-,14-,15?,17+,19-,22-/m0/s1. The van der Waals surface area contributed by atoms with Gasteiger partial charge in [-0.2, -0.15) is 0 Å². The molecule has 1 saturated carbocycles. The Morgan fingerprint density at radius 3 is 2.69 bits per heavy atom. The van der Waals surface area contributed by atoms with Gasteiger partial charge in [-0.25, -0.2) is 4.98 Å². The second-order valence-electron chi connectivity index (χ2n) is 9.83. The van der Waals surface area contributed by atoms with E-state index in [0.717, 1.165) is 56.3 Å². The van der Waals surface area contributed by atoms with Gasteiger partial charge >= 0.3 is 0 Å². The Hall–Kier alpha value is -1.18. The van der Waals surface area contributed by atoms with Crippen molar-refractivity contribution in [3.8, 4) is 0 Å². The Labute approximate surface area is 178 Å². The molecule has 1 saturated heterocycles. The van der Waals surface area contributed by atoms with Crippen molar-refractivity contribution in [1.29, 1.82) is 0 Å². The van der Waals surface area contributed by atoms with E-state index in [1.165, 1.54) is 4.88 Å². The van der Waals surface area contributed by atoms with Gasteiger partial charge in [-0.3, -0.25) is 4.79 Å². The lowest BCUT2D eigenvalue weighted by Crippen LogP contribution is -2.55. The number of nitrogens with zero attached hydrogens (tertiary/aromatic N) is 3. The summed E-state index contributed by atoms with van der Waals surface area (Å²) in [5, 5.41) is 15.7. The summed E-state index contributed by atoms with van der Waals surface area (Å²) in [6, 6.07) is 0. The Bertz CT molecular complexity index is 760. The summed E-state index contributed by atoms with van der Waals surface area (Å²) in [5.74, 6) is 0.497. The molecule has 1 aliphatic heterocycles. The van der Waals surface area contributed by atoms with Crippen molar-refractivity contribution < 1.29 is 9.90 Å². The minimum Gasteiger partial charge on any atom is -0.392 e. The van der Waals surface area contributed by atoms with Crippen molar-refractivity contribution in [2.45, 2.75) is 52.1 Å². The lowest BCUT2D eigenvalue weighted by molar-refractivity contribution is -0.146. The maximum absolute atomic E-state index is 13.2. The number of rotatable bonds is 3. The monoisotopic (exact) mass is 420 g/mol. The van der Waals surface area contributed by atoms with Crippen LogP contribution in [0.25, 0.3) is 0 Å². The van der Waals surface area contributed by atoms with Crippen LogP contribution in [0.2, 0.25) is 0 Å². The molecule has 6 nitrogen and oxygen atoms in total. The van der Waals surface area contributed by atoms with Gasteiger partial charge < -0.3 is 20.2 Å². The Morgan fingerprint density at radius 1 is 1.34 bits per heavy atom. The molecule has 0 aromatic carbocycles. The van der Waals surface area contributed by atoms with Crippen molar-refractivity contribution in [1.82, 2.24) is 14.8 Å². The second kappa shape index (κ2) is 7.82. The Balaban J connectivity index is 1.53. The molecule has 162 valence electrons. The molecule has 4 rings (SSSR count). The first-order chi connectivity index (χ1) is 13.7. The highest BCUT2D eigenvalue weighted by Crippen LogP contribution is 2.57. The number of carbonyl (C=O) groups is 1. The molecule has 2 N–H and O–H groups in total. The predicted octanol–water partition coefficient (Wildman–Crippen LogP) is 2.65. The van der Waals surface area contributed by atoms with Gasteiger partial charge in [-0.15, -0.1) is 11.3 Å². The zero-order valence-electron chi connectivity index (χ0n) is 18.4. The molecule has 7 heteroatoms. The number of aromatic nitrogens is 1. The van der Waals surface area contributed by atoms with Crippen molar-refractivity contribution in [3.05, 3.63) is 10.6 Å². The predicted molar refractivity (Wildman–Crippen MR) is 117 cm³/mol. The molecule has 0 radical (unpaired) electrons. The fourth-order valence-corrected chi connectivity index (χ4v) is 7.37. The zero-order chi connectivity index (χ0) is 20.9. The van der Waals surface area contributed by atoms with Gasteiger partial charge in [0.1, 0.15) is 0 Å². The average molecular weight is 421 g/mol. The smallest absolute Gasteiger partial charge is 0.225 e. The third-order valence-electron chi connectivity index (χ3n) is 7.98. The number of aliphatic hydroxyl groups excluding tert-OH is 1. The van der Waals surface area contributed by atoms with Crippen LogP contribution in [0, 0.1) is 23.2 Å². The van der Waals surface area contributed by atoms with Gasteiger partial charge in [0.25, 0.3) is 0 Å². The third kappa shape index (κ3) is 3.59. The van der Waals surface area contributed by atoms with Crippen LogP contribution in [0.15, 0.2) is 0 Å². The van der Waals surface area contributed by atoms with Crippen LogP contribution >= 0.6 is 11.3 Å². The van der Waals surface area contributed by atoms with Crippen LogP contribution in [0.3, 0.4) is 0 Å². The number of hydrogen-bond donors (Lipinski definition) is 2. The van der Waals surface area contributed by atoms with E-state index < -0.39 is 6.10 Å². The molecular weight excluding hydrogens is 384 g/mol. The van der Waals surface area contributed by atoms with E-state index in [1.807, 2.05) is 18.9 Å². The molecule has 1 unspecified atom stereocenters. The van der Waals surface area contributed by atoms with E-state index in [9.17, 15) is 9.90 Å². The normalized spacial score (nSPS) is 36.3. The van der Waals surface area contributed by atoms with Crippen molar-refractivity contribution in [2.75, 3.05) is 45.6 Å². The van der Waals surface area contributed by atoms with Crippen molar-refractivity contribution >= 4 is 22.4 Å². The van der Waals surface area contributed by atoms with Gasteiger partial charge in [0.2, 0.25) is 5.91 Å². The molecule has 2 fully saturated rings. The molecule has 0 spiro atoms. The number of thiazole rings is 1. The summed E-state index contributed by atoms with van der Waals surface area (Å²) in [4.78, 5) is 23.6. The molecule has 1 aromatic rings. The molecule has 3 aliphatic rings. The summed E-state index contributed by atoms with van der Waals surface area (Å²) < 4.78 is 0. The second-order valence-corrected chi connectivity index (χ2v) is 10.9. The summed E-state index contributed by atoms with van der Waals surface area (Å²) in [7, 11) is 4.02. The van der Waals surface area contributed by atoms with Gasteiger partial charge in [-0.05, 0) is 43.6 Å². The fraction of sp³-hybridized carbons (Fsp3) is 0.818. The van der Waals surface area contributed by atoms with Gasteiger partial charge in [0, 0.05) is 49.9 Å². The largest absolute Gasteiger partial charge is 0.392 e. The number of amides is 1. The maximum Gasteiger partial charge on any atom is 0.225 e. The topological polar surface area (TPSA) is 68.7 Å². The summed E-state index contributed by atoms with van der Waals surface area (Å²) in [6.07, 6.45) is 2.52. The first-order valence-electron chi connectivity index (χ1n) is 11.1. The highest BCUT2D eigenvalue weighted by molar-refractivity contribution is 7.15. The minimum absolute atomic E-state index is 0.0339. The van der Waals surface area contributed by atoms with Crippen LogP contribution in [-0.4, -0.2) is 72.2 Å². The maximum atomic E-state index is 13.2. The summed E-state index contributed by atoms with van der Waals surface area (Å²) in [5.41, 5.74) is 1.23. The van der Waals surface area contributed by atoms with Crippen molar-refractivity contribution in [3.63, 3.8) is 0 Å². The molecule has 0 bridgehead atoms. The molecule has 1 aromatic heterocycles. The summed E-state index contributed by atoms with van der Waals surface area (Å²) in [6.45, 7) is 10.1. The number of likely N-dealkylation sites (N-methyl/N-ethyl adjacent to an activating group) is 1. The van der Waals surface area contributed by atoms with E-state index >= 15 is 0 Å². The van der Waals surface area contributed by atoms with Crippen molar-refractivity contribution in [2.24, 2.45) is 23.2 Å². The molecule has 2 heterocycles. The molecule has 6 atom stereocenters. The third-order valence-corrected chi connectivity index (χ3v) is 9.07. The molecular formula is C22H36N4O2S. The van der Waals surface area contributed by atoms with E-state index in [2.05, 4.69) is 31.1 Å². The van der Waals surface area contributed by atoms with Crippen LogP contribution in [0.4, 0.5) is 5.13 Å². The number of carbonyl (C=O) groups excluding carboxylic acids is 1. The molecule has 29 heavy (non-hydrogen) atoms. The fourth-order valence-electron chi connectivity index (χ4n) is 6.15. The molecule has 2 aliphatic carbocycles. The minimum atomic E-state index is -0.456. The number of hydrogen-bond acceptors (Lipinski definition) is 6. The highest BCUT2D eigenvalue weighted by atomic mass is 32.1. The van der Waals surface area contributed by atoms with Crippen LogP contribution in [-0.2, 0) is 11.2 Å². The van der Waals surface area contributed by atoms with Crippen LogP contribution in [0.5, 0.6) is 0 Å². The van der Waals surface area contributed by atoms with E-state index in [0.29, 0.717) is 0 Å². The van der Waals surface area contributed by atoms with E-state index in [4.69, 9.17) is 4.98 Å². The Kier molecular flexibility index (Phi) is 5.68. The number of nitrogens with one attached hydrogen (secondary N) is 1. The number of fused-ring (bicyclic) bond motifs is 2. The number of aliphatic hydroxyl groups is 1. The lowest BCUT2D eigenvalue weighted by Gasteiger charge is -2.53. The quantitative estimate of drug-likeness (QED) is 0.787. The molecule has 1 amide bonds. The lowest BCUT2D eigenvalue weighted by atomic mass is 9.53. The average Bonchev–Trinajstić information content (AvgIpc) is 3.10. The van der Waals surface area contributed by atoms with Gasteiger partial charge in [0.05, 0.1) is 11.8 Å². The van der Waals surface area contributed by atoms with E-state index in [1.54, 1.807) is 11.3 Å². The van der Waals surface area contributed by atoms with Crippen LogP contribution < -0.4 is 5.32 Å².